The average molecular weight is 238 g/mol. The van der Waals surface area contributed by atoms with E-state index in [2.05, 4.69) is 18.9 Å². The average Bonchev–Trinajstić information content (AvgIpc) is 2.56. The number of fused-ring (bicyclic) bond motifs is 1. The van der Waals surface area contributed by atoms with Gasteiger partial charge in [-0.2, -0.15) is 5.10 Å². The van der Waals surface area contributed by atoms with E-state index in [1.54, 1.807) is 0 Å². The summed E-state index contributed by atoms with van der Waals surface area (Å²) < 4.78 is 1.94. The Balaban J connectivity index is 2.83. The second-order valence-electron chi connectivity index (χ2n) is 4.36. The van der Waals surface area contributed by atoms with Crippen LogP contribution in [-0.4, -0.2) is 9.78 Å². The topological polar surface area (TPSA) is 43.8 Å². The molecule has 1 atom stereocenters. The lowest BCUT2D eigenvalue weighted by molar-refractivity contribution is 0.548. The van der Waals surface area contributed by atoms with Gasteiger partial charge in [0.1, 0.15) is 0 Å². The summed E-state index contributed by atoms with van der Waals surface area (Å²) in [5.41, 5.74) is 8.12. The molecule has 0 radical (unpaired) electrons. The molecule has 1 aromatic carbocycles. The highest BCUT2D eigenvalue weighted by molar-refractivity contribution is 6.34. The molecule has 0 fully saturated rings. The van der Waals surface area contributed by atoms with Gasteiger partial charge in [-0.3, -0.25) is 4.68 Å². The normalized spacial score (nSPS) is 13.6. The van der Waals surface area contributed by atoms with Crippen molar-refractivity contribution in [2.24, 2.45) is 5.73 Å². The molecule has 1 heterocycles. The van der Waals surface area contributed by atoms with Gasteiger partial charge in [0, 0.05) is 17.5 Å². The fourth-order valence-corrected chi connectivity index (χ4v) is 2.16. The van der Waals surface area contributed by atoms with E-state index in [0.29, 0.717) is 5.15 Å². The maximum absolute atomic E-state index is 6.13. The maximum Gasteiger partial charge on any atom is 0.158 e. The lowest BCUT2D eigenvalue weighted by Gasteiger charge is -2.12. The third-order valence-electron chi connectivity index (χ3n) is 2.69. The van der Waals surface area contributed by atoms with E-state index in [1.165, 1.54) is 0 Å². The van der Waals surface area contributed by atoms with Crippen molar-refractivity contribution >= 4 is 22.5 Å². The SMILES string of the molecule is CC(N)c1cccc2c(Cl)nn(C(C)C)c12. The molecule has 4 heteroatoms. The summed E-state index contributed by atoms with van der Waals surface area (Å²) >= 11 is 6.13. The fourth-order valence-electron chi connectivity index (χ4n) is 1.92. The van der Waals surface area contributed by atoms with E-state index in [1.807, 2.05) is 29.8 Å². The number of nitrogens with zero attached hydrogens (tertiary/aromatic N) is 2. The van der Waals surface area contributed by atoms with Gasteiger partial charge in [0.25, 0.3) is 0 Å². The highest BCUT2D eigenvalue weighted by Crippen LogP contribution is 2.30. The Morgan fingerprint density at radius 1 is 1.31 bits per heavy atom. The van der Waals surface area contributed by atoms with Gasteiger partial charge in [-0.1, -0.05) is 23.7 Å². The molecule has 2 rings (SSSR count). The van der Waals surface area contributed by atoms with Crippen LogP contribution in [-0.2, 0) is 0 Å². The molecule has 2 aromatic rings. The zero-order valence-corrected chi connectivity index (χ0v) is 10.5. The first-order valence-corrected chi connectivity index (χ1v) is 5.82. The number of aromatic nitrogens is 2. The summed E-state index contributed by atoms with van der Waals surface area (Å²) in [7, 11) is 0. The molecular weight excluding hydrogens is 222 g/mol. The molecule has 1 unspecified atom stereocenters. The number of rotatable bonds is 2. The monoisotopic (exact) mass is 237 g/mol. The van der Waals surface area contributed by atoms with Gasteiger partial charge in [-0.25, -0.2) is 0 Å². The van der Waals surface area contributed by atoms with Crippen LogP contribution in [0.2, 0.25) is 5.15 Å². The zero-order chi connectivity index (χ0) is 11.9. The minimum absolute atomic E-state index is 0.0195. The molecule has 2 N–H and O–H groups in total. The van der Waals surface area contributed by atoms with E-state index >= 15 is 0 Å². The van der Waals surface area contributed by atoms with Crippen molar-refractivity contribution in [3.8, 4) is 0 Å². The molecule has 0 saturated carbocycles. The Morgan fingerprint density at radius 3 is 2.56 bits per heavy atom. The Morgan fingerprint density at radius 2 is 2.00 bits per heavy atom. The van der Waals surface area contributed by atoms with E-state index < -0.39 is 0 Å². The smallest absolute Gasteiger partial charge is 0.158 e. The fraction of sp³-hybridized carbons (Fsp3) is 0.417. The first kappa shape index (κ1) is 11.4. The van der Waals surface area contributed by atoms with Gasteiger partial charge in [0.05, 0.1) is 5.52 Å². The lowest BCUT2D eigenvalue weighted by Crippen LogP contribution is -2.10. The number of halogens is 1. The molecule has 0 aliphatic carbocycles. The standard InChI is InChI=1S/C12H16ClN3/c1-7(2)16-11-9(8(3)14)5-4-6-10(11)12(13)15-16/h4-8H,14H2,1-3H3. The third-order valence-corrected chi connectivity index (χ3v) is 2.97. The largest absolute Gasteiger partial charge is 0.324 e. The number of benzene rings is 1. The lowest BCUT2D eigenvalue weighted by atomic mass is 10.1. The van der Waals surface area contributed by atoms with Crippen molar-refractivity contribution in [1.82, 2.24) is 9.78 Å². The van der Waals surface area contributed by atoms with Gasteiger partial charge in [-0.05, 0) is 32.4 Å². The predicted octanol–water partition coefficient (Wildman–Crippen LogP) is 3.29. The molecule has 16 heavy (non-hydrogen) atoms. The number of hydrogen-bond donors (Lipinski definition) is 1. The van der Waals surface area contributed by atoms with E-state index in [9.17, 15) is 0 Å². The molecule has 0 saturated heterocycles. The minimum Gasteiger partial charge on any atom is -0.324 e. The van der Waals surface area contributed by atoms with Crippen molar-refractivity contribution < 1.29 is 0 Å². The van der Waals surface area contributed by atoms with Crippen molar-refractivity contribution in [3.63, 3.8) is 0 Å². The van der Waals surface area contributed by atoms with Crippen LogP contribution in [0.25, 0.3) is 10.9 Å². The molecule has 0 amide bonds. The molecule has 86 valence electrons. The Bertz CT molecular complexity index is 514. The second kappa shape index (κ2) is 4.07. The van der Waals surface area contributed by atoms with Crippen molar-refractivity contribution in [3.05, 3.63) is 28.9 Å². The molecular formula is C12H16ClN3. The summed E-state index contributed by atoms with van der Waals surface area (Å²) in [5.74, 6) is 0. The zero-order valence-electron chi connectivity index (χ0n) is 9.74. The van der Waals surface area contributed by atoms with Crippen LogP contribution >= 0.6 is 11.6 Å². The Hall–Kier alpha value is -1.06. The van der Waals surface area contributed by atoms with Crippen LogP contribution in [0.3, 0.4) is 0 Å². The van der Waals surface area contributed by atoms with E-state index in [4.69, 9.17) is 17.3 Å². The van der Waals surface area contributed by atoms with Gasteiger partial charge < -0.3 is 5.73 Å². The van der Waals surface area contributed by atoms with Gasteiger partial charge >= 0.3 is 0 Å². The van der Waals surface area contributed by atoms with Gasteiger partial charge in [-0.15, -0.1) is 0 Å². The summed E-state index contributed by atoms with van der Waals surface area (Å²) in [6, 6.07) is 6.24. The molecule has 1 aromatic heterocycles. The summed E-state index contributed by atoms with van der Waals surface area (Å²) in [6.45, 7) is 6.14. The van der Waals surface area contributed by atoms with Gasteiger partial charge in [0.2, 0.25) is 0 Å². The van der Waals surface area contributed by atoms with Crippen LogP contribution in [0.5, 0.6) is 0 Å². The van der Waals surface area contributed by atoms with Crippen molar-refractivity contribution in [2.45, 2.75) is 32.9 Å². The molecule has 0 aliphatic heterocycles. The third kappa shape index (κ3) is 1.70. The van der Waals surface area contributed by atoms with E-state index in [-0.39, 0.29) is 12.1 Å². The molecule has 0 spiro atoms. The van der Waals surface area contributed by atoms with E-state index in [0.717, 1.165) is 16.5 Å². The maximum atomic E-state index is 6.13. The van der Waals surface area contributed by atoms with Crippen LogP contribution in [0, 0.1) is 0 Å². The first-order chi connectivity index (χ1) is 7.52. The van der Waals surface area contributed by atoms with Crippen LogP contribution < -0.4 is 5.73 Å². The number of nitrogens with two attached hydrogens (primary N) is 1. The Labute approximate surface area is 100 Å². The van der Waals surface area contributed by atoms with Crippen LogP contribution in [0.1, 0.15) is 38.4 Å². The highest BCUT2D eigenvalue weighted by atomic mass is 35.5. The van der Waals surface area contributed by atoms with Crippen LogP contribution in [0.15, 0.2) is 18.2 Å². The van der Waals surface area contributed by atoms with Crippen LogP contribution in [0.4, 0.5) is 0 Å². The first-order valence-electron chi connectivity index (χ1n) is 5.44. The van der Waals surface area contributed by atoms with Crippen molar-refractivity contribution in [1.29, 1.82) is 0 Å². The molecule has 0 bridgehead atoms. The van der Waals surface area contributed by atoms with Gasteiger partial charge in [0.15, 0.2) is 5.15 Å². The summed E-state index contributed by atoms with van der Waals surface area (Å²) in [4.78, 5) is 0. The highest BCUT2D eigenvalue weighted by Gasteiger charge is 2.15. The predicted molar refractivity (Wildman–Crippen MR) is 67.7 cm³/mol. The number of hydrogen-bond acceptors (Lipinski definition) is 2. The quantitative estimate of drug-likeness (QED) is 0.871. The molecule has 3 nitrogen and oxygen atoms in total. The Kier molecular flexibility index (Phi) is 2.91. The van der Waals surface area contributed by atoms with Crippen molar-refractivity contribution in [2.75, 3.05) is 0 Å². The molecule has 0 aliphatic rings. The number of para-hydroxylation sites is 1. The summed E-state index contributed by atoms with van der Waals surface area (Å²) in [6.07, 6.45) is 0. The summed E-state index contributed by atoms with van der Waals surface area (Å²) in [5, 5.41) is 5.88. The minimum atomic E-state index is -0.0195. The second-order valence-corrected chi connectivity index (χ2v) is 4.72.